The van der Waals surface area contributed by atoms with Gasteiger partial charge in [-0.2, -0.15) is 0 Å². The van der Waals surface area contributed by atoms with E-state index in [1.54, 1.807) is 25.1 Å². The Hall–Kier alpha value is -1.49. The molecule has 1 aliphatic rings. The van der Waals surface area contributed by atoms with Gasteiger partial charge in [-0.1, -0.05) is 12.1 Å². The Kier molecular flexibility index (Phi) is 5.06. The molecule has 0 radical (unpaired) electrons. The van der Waals surface area contributed by atoms with Crippen LogP contribution >= 0.6 is 12.6 Å². The van der Waals surface area contributed by atoms with Gasteiger partial charge in [0, 0.05) is 18.0 Å². The van der Waals surface area contributed by atoms with Crippen molar-refractivity contribution < 1.29 is 9.59 Å². The second kappa shape index (κ2) is 6.79. The van der Waals surface area contributed by atoms with Crippen LogP contribution in [0, 0.1) is 0 Å². The standard InChI is InChI=1S/C15H20N2O2S/c1-11(15(19)17-9-5-2-6-10-17)16-14(18)12-7-3-4-8-13(12)20/h3-4,7-8,11,20H,2,5-6,9-10H2,1H3,(H,16,18). The number of nitrogens with one attached hydrogen (secondary N) is 1. The molecule has 1 aliphatic heterocycles. The first-order chi connectivity index (χ1) is 9.59. The molecule has 0 saturated carbocycles. The maximum atomic E-state index is 12.2. The Morgan fingerprint density at radius 2 is 1.85 bits per heavy atom. The summed E-state index contributed by atoms with van der Waals surface area (Å²) < 4.78 is 0. The molecule has 5 heteroatoms. The molecule has 1 N–H and O–H groups in total. The van der Waals surface area contributed by atoms with E-state index in [-0.39, 0.29) is 11.8 Å². The third kappa shape index (κ3) is 3.54. The number of nitrogens with zero attached hydrogens (tertiary/aromatic N) is 1. The van der Waals surface area contributed by atoms with Crippen molar-refractivity contribution >= 4 is 24.4 Å². The van der Waals surface area contributed by atoms with Gasteiger partial charge in [-0.05, 0) is 38.3 Å². The van der Waals surface area contributed by atoms with Crippen LogP contribution in [-0.2, 0) is 4.79 Å². The van der Waals surface area contributed by atoms with E-state index in [4.69, 9.17) is 0 Å². The molecule has 1 heterocycles. The van der Waals surface area contributed by atoms with E-state index in [9.17, 15) is 9.59 Å². The zero-order chi connectivity index (χ0) is 14.5. The summed E-state index contributed by atoms with van der Waals surface area (Å²) in [7, 11) is 0. The van der Waals surface area contributed by atoms with E-state index in [0.29, 0.717) is 10.5 Å². The lowest BCUT2D eigenvalue weighted by Gasteiger charge is -2.29. The normalized spacial score (nSPS) is 16.6. The maximum absolute atomic E-state index is 12.2. The second-order valence-electron chi connectivity index (χ2n) is 5.10. The molecule has 4 nitrogen and oxygen atoms in total. The monoisotopic (exact) mass is 292 g/mol. The minimum Gasteiger partial charge on any atom is -0.341 e. The summed E-state index contributed by atoms with van der Waals surface area (Å²) >= 11 is 4.26. The Labute approximate surface area is 124 Å². The van der Waals surface area contributed by atoms with Gasteiger partial charge in [0.25, 0.3) is 5.91 Å². The van der Waals surface area contributed by atoms with E-state index in [0.717, 1.165) is 25.9 Å². The van der Waals surface area contributed by atoms with Crippen LogP contribution in [0.15, 0.2) is 29.2 Å². The summed E-state index contributed by atoms with van der Waals surface area (Å²) in [5, 5.41) is 2.76. The Morgan fingerprint density at radius 3 is 2.50 bits per heavy atom. The Morgan fingerprint density at radius 1 is 1.20 bits per heavy atom. The van der Waals surface area contributed by atoms with Gasteiger partial charge in [0.2, 0.25) is 5.91 Å². The number of carbonyl (C=O) groups is 2. The van der Waals surface area contributed by atoms with Crippen molar-refractivity contribution in [3.63, 3.8) is 0 Å². The van der Waals surface area contributed by atoms with Gasteiger partial charge in [-0.25, -0.2) is 0 Å². The molecule has 1 aromatic carbocycles. The van der Waals surface area contributed by atoms with Crippen LogP contribution in [-0.4, -0.2) is 35.8 Å². The van der Waals surface area contributed by atoms with Crippen LogP contribution < -0.4 is 5.32 Å². The first-order valence-electron chi connectivity index (χ1n) is 6.97. The second-order valence-corrected chi connectivity index (χ2v) is 5.58. The topological polar surface area (TPSA) is 49.4 Å². The van der Waals surface area contributed by atoms with Crippen LogP contribution in [0.1, 0.15) is 36.5 Å². The molecule has 20 heavy (non-hydrogen) atoms. The van der Waals surface area contributed by atoms with Crippen molar-refractivity contribution in [1.29, 1.82) is 0 Å². The van der Waals surface area contributed by atoms with Gasteiger partial charge >= 0.3 is 0 Å². The van der Waals surface area contributed by atoms with Crippen LogP contribution in [0.4, 0.5) is 0 Å². The van der Waals surface area contributed by atoms with Crippen LogP contribution in [0.3, 0.4) is 0 Å². The molecular formula is C15H20N2O2S. The lowest BCUT2D eigenvalue weighted by Crippen LogP contribution is -2.48. The Bertz CT molecular complexity index is 498. The average molecular weight is 292 g/mol. The van der Waals surface area contributed by atoms with E-state index < -0.39 is 6.04 Å². The number of hydrogen-bond acceptors (Lipinski definition) is 3. The zero-order valence-electron chi connectivity index (χ0n) is 11.6. The average Bonchev–Trinajstić information content (AvgIpc) is 2.47. The first kappa shape index (κ1) is 14.9. The summed E-state index contributed by atoms with van der Waals surface area (Å²) in [6.45, 7) is 3.32. The molecule has 0 bridgehead atoms. The van der Waals surface area contributed by atoms with Crippen molar-refractivity contribution in [2.45, 2.75) is 37.1 Å². The number of rotatable bonds is 3. The lowest BCUT2D eigenvalue weighted by atomic mass is 10.1. The molecule has 1 fully saturated rings. The zero-order valence-corrected chi connectivity index (χ0v) is 12.5. The molecule has 1 saturated heterocycles. The summed E-state index contributed by atoms with van der Waals surface area (Å²) in [4.78, 5) is 26.8. The predicted octanol–water partition coefficient (Wildman–Crippen LogP) is 2.11. The van der Waals surface area contributed by atoms with Crippen molar-refractivity contribution in [2.24, 2.45) is 0 Å². The highest BCUT2D eigenvalue weighted by Gasteiger charge is 2.24. The minimum absolute atomic E-state index is 0.00491. The van der Waals surface area contributed by atoms with Gasteiger partial charge in [0.15, 0.2) is 0 Å². The SMILES string of the molecule is CC(NC(=O)c1ccccc1S)C(=O)N1CCCCC1. The van der Waals surface area contributed by atoms with E-state index >= 15 is 0 Å². The Balaban J connectivity index is 1.97. The van der Waals surface area contributed by atoms with Crippen LogP contribution in [0.25, 0.3) is 0 Å². The number of carbonyl (C=O) groups excluding carboxylic acids is 2. The maximum Gasteiger partial charge on any atom is 0.253 e. The van der Waals surface area contributed by atoms with E-state index in [1.807, 2.05) is 11.0 Å². The number of thiol groups is 1. The van der Waals surface area contributed by atoms with Gasteiger partial charge in [0.05, 0.1) is 5.56 Å². The fraction of sp³-hybridized carbons (Fsp3) is 0.467. The lowest BCUT2D eigenvalue weighted by molar-refractivity contribution is -0.133. The molecule has 1 aromatic rings. The van der Waals surface area contributed by atoms with Gasteiger partial charge in [0.1, 0.15) is 6.04 Å². The fourth-order valence-corrected chi connectivity index (χ4v) is 2.65. The van der Waals surface area contributed by atoms with Crippen molar-refractivity contribution in [1.82, 2.24) is 10.2 Å². The number of benzene rings is 1. The summed E-state index contributed by atoms with van der Waals surface area (Å²) in [5.41, 5.74) is 0.495. The molecule has 2 amide bonds. The van der Waals surface area contributed by atoms with E-state index in [2.05, 4.69) is 17.9 Å². The summed E-state index contributed by atoms with van der Waals surface area (Å²) in [6, 6.07) is 6.56. The minimum atomic E-state index is -0.506. The number of likely N-dealkylation sites (tertiary alicyclic amines) is 1. The van der Waals surface area contributed by atoms with Gasteiger partial charge in [-0.15, -0.1) is 12.6 Å². The van der Waals surface area contributed by atoms with Crippen molar-refractivity contribution in [3.05, 3.63) is 29.8 Å². The molecule has 0 aromatic heterocycles. The van der Waals surface area contributed by atoms with Gasteiger partial charge < -0.3 is 10.2 Å². The highest BCUT2D eigenvalue weighted by atomic mass is 32.1. The molecule has 1 atom stereocenters. The number of hydrogen-bond donors (Lipinski definition) is 2. The molecular weight excluding hydrogens is 272 g/mol. The van der Waals surface area contributed by atoms with Crippen LogP contribution in [0.5, 0.6) is 0 Å². The van der Waals surface area contributed by atoms with Crippen LogP contribution in [0.2, 0.25) is 0 Å². The molecule has 0 spiro atoms. The largest absolute Gasteiger partial charge is 0.341 e. The molecule has 108 valence electrons. The third-order valence-corrected chi connectivity index (χ3v) is 3.92. The summed E-state index contributed by atoms with van der Waals surface area (Å²) in [6.07, 6.45) is 3.27. The predicted molar refractivity (Wildman–Crippen MR) is 81.1 cm³/mol. The van der Waals surface area contributed by atoms with Crippen molar-refractivity contribution in [3.8, 4) is 0 Å². The first-order valence-corrected chi connectivity index (χ1v) is 7.42. The smallest absolute Gasteiger partial charge is 0.253 e. The third-order valence-electron chi connectivity index (χ3n) is 3.53. The highest BCUT2D eigenvalue weighted by molar-refractivity contribution is 7.80. The quantitative estimate of drug-likeness (QED) is 0.838. The van der Waals surface area contributed by atoms with E-state index in [1.165, 1.54) is 6.42 Å². The summed E-state index contributed by atoms with van der Waals surface area (Å²) in [5.74, 6) is -0.261. The fourth-order valence-electron chi connectivity index (χ4n) is 2.39. The molecule has 0 aliphatic carbocycles. The number of piperidine rings is 1. The highest BCUT2D eigenvalue weighted by Crippen LogP contribution is 2.14. The van der Waals surface area contributed by atoms with Gasteiger partial charge in [-0.3, -0.25) is 9.59 Å². The molecule has 1 unspecified atom stereocenters. The number of amides is 2. The molecule has 2 rings (SSSR count). The van der Waals surface area contributed by atoms with Crippen molar-refractivity contribution in [2.75, 3.05) is 13.1 Å².